The molecule has 0 fully saturated rings. The van der Waals surface area contributed by atoms with Gasteiger partial charge in [-0.3, -0.25) is 4.68 Å². The fraction of sp³-hybridized carbons (Fsp3) is 0.158. The second-order valence-electron chi connectivity index (χ2n) is 5.68. The van der Waals surface area contributed by atoms with E-state index in [1.54, 1.807) is 23.0 Å². The van der Waals surface area contributed by atoms with Gasteiger partial charge in [0.25, 0.3) is 0 Å². The van der Waals surface area contributed by atoms with E-state index in [0.29, 0.717) is 11.7 Å². The third-order valence-corrected chi connectivity index (χ3v) is 3.97. The highest BCUT2D eigenvalue weighted by Crippen LogP contribution is 2.12. The van der Waals surface area contributed by atoms with Gasteiger partial charge in [0.05, 0.1) is 18.4 Å². The molecule has 0 aliphatic rings. The van der Waals surface area contributed by atoms with Crippen molar-refractivity contribution in [2.24, 2.45) is 0 Å². The molecule has 25 heavy (non-hydrogen) atoms. The number of aryl methyl sites for hydroxylation is 1. The van der Waals surface area contributed by atoms with Crippen LogP contribution >= 0.6 is 12.2 Å². The highest BCUT2D eigenvalue weighted by atomic mass is 32.1. The molecule has 0 saturated heterocycles. The van der Waals surface area contributed by atoms with Gasteiger partial charge < -0.3 is 10.6 Å². The molecule has 2 N–H and O–H groups in total. The Labute approximate surface area is 151 Å². The molecule has 0 radical (unpaired) electrons. The van der Waals surface area contributed by atoms with Gasteiger partial charge in [0.1, 0.15) is 5.82 Å². The Morgan fingerprint density at radius 1 is 1.00 bits per heavy atom. The predicted molar refractivity (Wildman–Crippen MR) is 103 cm³/mol. The van der Waals surface area contributed by atoms with Crippen LogP contribution in [0, 0.1) is 5.82 Å². The summed E-state index contributed by atoms with van der Waals surface area (Å²) < 4.78 is 14.7. The maximum Gasteiger partial charge on any atom is 0.175 e. The van der Waals surface area contributed by atoms with E-state index in [1.165, 1.54) is 17.7 Å². The van der Waals surface area contributed by atoms with Crippen LogP contribution in [0.5, 0.6) is 0 Å². The van der Waals surface area contributed by atoms with Gasteiger partial charge in [-0.1, -0.05) is 31.2 Å². The number of anilines is 2. The number of nitrogens with one attached hydrogen (secondary N) is 2. The number of nitrogens with zero attached hydrogens (tertiary/aromatic N) is 2. The van der Waals surface area contributed by atoms with E-state index in [9.17, 15) is 4.39 Å². The van der Waals surface area contributed by atoms with E-state index in [4.69, 9.17) is 12.2 Å². The lowest BCUT2D eigenvalue weighted by atomic mass is 10.1. The van der Waals surface area contributed by atoms with E-state index in [0.717, 1.165) is 23.4 Å². The van der Waals surface area contributed by atoms with Gasteiger partial charge in [0.15, 0.2) is 5.11 Å². The van der Waals surface area contributed by atoms with Crippen molar-refractivity contribution in [1.82, 2.24) is 9.78 Å². The SMILES string of the molecule is CCc1ccc(NC(=S)Nc2cnn(Cc3ccc(F)cc3)c2)cc1. The molecule has 0 atom stereocenters. The second-order valence-corrected chi connectivity index (χ2v) is 6.09. The monoisotopic (exact) mass is 354 g/mol. The molecule has 0 aliphatic heterocycles. The molecule has 0 amide bonds. The minimum absolute atomic E-state index is 0.241. The molecule has 4 nitrogen and oxygen atoms in total. The minimum Gasteiger partial charge on any atom is -0.332 e. The summed E-state index contributed by atoms with van der Waals surface area (Å²) in [5.41, 5.74) is 4.00. The molecule has 1 aromatic heterocycles. The molecule has 2 aromatic carbocycles. The zero-order valence-corrected chi connectivity index (χ0v) is 14.7. The van der Waals surface area contributed by atoms with Crippen molar-refractivity contribution < 1.29 is 4.39 Å². The molecule has 3 aromatic rings. The van der Waals surface area contributed by atoms with Crippen LogP contribution < -0.4 is 10.6 Å². The Bertz CT molecular complexity index is 841. The first kappa shape index (κ1) is 17.1. The molecule has 3 rings (SSSR count). The Kier molecular flexibility index (Phi) is 5.40. The van der Waals surface area contributed by atoms with Crippen molar-refractivity contribution in [3.05, 3.63) is 77.9 Å². The molecule has 6 heteroatoms. The Hall–Kier alpha value is -2.73. The summed E-state index contributed by atoms with van der Waals surface area (Å²) in [6.45, 7) is 2.69. The number of hydrogen-bond acceptors (Lipinski definition) is 2. The molecular weight excluding hydrogens is 335 g/mol. The summed E-state index contributed by atoms with van der Waals surface area (Å²) in [5, 5.41) is 11.1. The van der Waals surface area contributed by atoms with Gasteiger partial charge in [0, 0.05) is 11.9 Å². The van der Waals surface area contributed by atoms with E-state index in [2.05, 4.69) is 34.8 Å². The number of thiocarbonyl (C=S) groups is 1. The highest BCUT2D eigenvalue weighted by molar-refractivity contribution is 7.80. The maximum atomic E-state index is 12.9. The topological polar surface area (TPSA) is 41.9 Å². The van der Waals surface area contributed by atoms with Crippen LogP contribution in [0.25, 0.3) is 0 Å². The third kappa shape index (κ3) is 4.87. The van der Waals surface area contributed by atoms with Crippen molar-refractivity contribution in [2.75, 3.05) is 10.6 Å². The Balaban J connectivity index is 1.56. The summed E-state index contributed by atoms with van der Waals surface area (Å²) in [7, 11) is 0. The average molecular weight is 354 g/mol. The number of hydrogen-bond donors (Lipinski definition) is 2. The first-order valence-corrected chi connectivity index (χ1v) is 8.47. The smallest absolute Gasteiger partial charge is 0.175 e. The van der Waals surface area contributed by atoms with E-state index in [-0.39, 0.29) is 5.82 Å². The normalized spacial score (nSPS) is 10.5. The van der Waals surface area contributed by atoms with Crippen LogP contribution in [0.4, 0.5) is 15.8 Å². The highest BCUT2D eigenvalue weighted by Gasteiger charge is 2.03. The van der Waals surface area contributed by atoms with Crippen LogP contribution in [0.2, 0.25) is 0 Å². The maximum absolute atomic E-state index is 12.9. The van der Waals surface area contributed by atoms with Gasteiger partial charge in [-0.05, 0) is 54.0 Å². The third-order valence-electron chi connectivity index (χ3n) is 3.77. The van der Waals surface area contributed by atoms with E-state index >= 15 is 0 Å². The fourth-order valence-corrected chi connectivity index (χ4v) is 2.64. The van der Waals surface area contributed by atoms with Gasteiger partial charge in [-0.15, -0.1) is 0 Å². The molecule has 0 saturated carbocycles. The summed E-state index contributed by atoms with van der Waals surface area (Å²) in [6, 6.07) is 14.5. The lowest BCUT2D eigenvalue weighted by Crippen LogP contribution is -2.18. The number of aromatic nitrogens is 2. The number of benzene rings is 2. The van der Waals surface area contributed by atoms with Crippen molar-refractivity contribution >= 4 is 28.7 Å². The molecule has 1 heterocycles. The quantitative estimate of drug-likeness (QED) is 0.665. The molecule has 0 spiro atoms. The second kappa shape index (κ2) is 7.90. The minimum atomic E-state index is -0.241. The predicted octanol–water partition coefficient (Wildman–Crippen LogP) is 4.44. The standard InChI is InChI=1S/C19H19FN4S/c1-2-14-5-9-17(10-6-14)22-19(25)23-18-11-21-24(13-18)12-15-3-7-16(20)8-4-15/h3-11,13H,2,12H2,1H3,(H2,22,23,25). The average Bonchev–Trinajstić information content (AvgIpc) is 3.04. The van der Waals surface area contributed by atoms with Gasteiger partial charge in [-0.25, -0.2) is 4.39 Å². The lowest BCUT2D eigenvalue weighted by molar-refractivity contribution is 0.624. The van der Waals surface area contributed by atoms with Crippen LogP contribution in [0.1, 0.15) is 18.1 Å². The van der Waals surface area contributed by atoms with Gasteiger partial charge in [-0.2, -0.15) is 5.10 Å². The lowest BCUT2D eigenvalue weighted by Gasteiger charge is -2.09. The molecule has 0 bridgehead atoms. The van der Waals surface area contributed by atoms with Crippen LogP contribution in [0.3, 0.4) is 0 Å². The summed E-state index contributed by atoms with van der Waals surface area (Å²) in [6.07, 6.45) is 4.57. The molecule has 128 valence electrons. The van der Waals surface area contributed by atoms with Gasteiger partial charge >= 0.3 is 0 Å². The number of halogens is 1. The van der Waals surface area contributed by atoms with Crippen LogP contribution in [0.15, 0.2) is 60.9 Å². The van der Waals surface area contributed by atoms with E-state index in [1.807, 2.05) is 18.3 Å². The first-order chi connectivity index (χ1) is 12.1. The summed E-state index contributed by atoms with van der Waals surface area (Å²) >= 11 is 5.33. The Morgan fingerprint density at radius 3 is 2.32 bits per heavy atom. The van der Waals surface area contributed by atoms with E-state index < -0.39 is 0 Å². The number of rotatable bonds is 5. The van der Waals surface area contributed by atoms with Crippen molar-refractivity contribution in [2.45, 2.75) is 19.9 Å². The van der Waals surface area contributed by atoms with Crippen LogP contribution in [-0.4, -0.2) is 14.9 Å². The zero-order valence-electron chi connectivity index (χ0n) is 13.9. The summed E-state index contributed by atoms with van der Waals surface area (Å²) in [5.74, 6) is -0.241. The van der Waals surface area contributed by atoms with Crippen molar-refractivity contribution in [3.8, 4) is 0 Å². The largest absolute Gasteiger partial charge is 0.332 e. The molecule has 0 unspecified atom stereocenters. The van der Waals surface area contributed by atoms with Gasteiger partial charge in [0.2, 0.25) is 0 Å². The van der Waals surface area contributed by atoms with Crippen LogP contribution in [-0.2, 0) is 13.0 Å². The molecular formula is C19H19FN4S. The zero-order chi connectivity index (χ0) is 17.6. The van der Waals surface area contributed by atoms with Crippen molar-refractivity contribution in [1.29, 1.82) is 0 Å². The van der Waals surface area contributed by atoms with Crippen molar-refractivity contribution in [3.63, 3.8) is 0 Å². The molecule has 0 aliphatic carbocycles. The Morgan fingerprint density at radius 2 is 1.64 bits per heavy atom. The summed E-state index contributed by atoms with van der Waals surface area (Å²) in [4.78, 5) is 0. The first-order valence-electron chi connectivity index (χ1n) is 8.06. The fourth-order valence-electron chi connectivity index (χ4n) is 2.41.